The van der Waals surface area contributed by atoms with Gasteiger partial charge in [0.1, 0.15) is 23.4 Å². The quantitative estimate of drug-likeness (QED) is 0.317. The molecule has 29 heavy (non-hydrogen) atoms. The Bertz CT molecular complexity index is 887. The van der Waals surface area contributed by atoms with Crippen molar-refractivity contribution < 1.29 is 29.9 Å². The zero-order valence-electron chi connectivity index (χ0n) is 16.9. The average Bonchev–Trinajstić information content (AvgIpc) is 2.70. The van der Waals surface area contributed by atoms with Crippen LogP contribution in [0.25, 0.3) is 0 Å². The molecule has 0 spiro atoms. The molecule has 1 aliphatic heterocycles. The normalized spacial score (nSPS) is 17.6. The van der Waals surface area contributed by atoms with Crippen molar-refractivity contribution in [3.63, 3.8) is 0 Å². The fourth-order valence-electron chi connectivity index (χ4n) is 3.06. The zero-order chi connectivity index (χ0) is 21.6. The molecule has 0 radical (unpaired) electrons. The number of hydrogen-bond donors (Lipinski definition) is 4. The molecule has 6 nitrogen and oxygen atoms in total. The molecule has 0 bridgehead atoms. The third-order valence-corrected chi connectivity index (χ3v) is 4.39. The fraction of sp³-hybridized carbons (Fsp3) is 0.304. The summed E-state index contributed by atoms with van der Waals surface area (Å²) >= 11 is 0. The predicted octanol–water partition coefficient (Wildman–Crippen LogP) is 5.08. The summed E-state index contributed by atoms with van der Waals surface area (Å²) in [4.78, 5) is 0. The van der Waals surface area contributed by atoms with Crippen LogP contribution in [0.15, 0.2) is 54.8 Å². The summed E-state index contributed by atoms with van der Waals surface area (Å²) in [5, 5.41) is 39.3. The molecule has 0 saturated carbocycles. The molecule has 1 aliphatic rings. The first-order chi connectivity index (χ1) is 13.9. The Morgan fingerprint density at radius 1 is 1.10 bits per heavy atom. The maximum Gasteiger partial charge on any atom is 0.161 e. The average molecular weight is 400 g/mol. The molecule has 2 aromatic rings. The van der Waals surface area contributed by atoms with Gasteiger partial charge in [0.25, 0.3) is 0 Å². The first-order valence-corrected chi connectivity index (χ1v) is 9.58. The van der Waals surface area contributed by atoms with E-state index in [0.29, 0.717) is 35.5 Å². The van der Waals surface area contributed by atoms with Crippen LogP contribution < -0.4 is 4.74 Å². The highest BCUT2D eigenvalue weighted by Gasteiger charge is 2.35. The third-order valence-electron chi connectivity index (χ3n) is 4.39. The molecular formula is C23H28O6. The summed E-state index contributed by atoms with van der Waals surface area (Å²) < 4.78 is 12.0. The fourth-order valence-corrected chi connectivity index (χ4v) is 3.06. The maximum absolute atomic E-state index is 10.2. The number of phenols is 4. The molecule has 1 heterocycles. The standard InChI is InChI=1S/C21H22O6.C2H6/c1-3-4-5-12(2)26-20-11-15-17(24)9-14(22)10-19(15)27-21(20)13-6-7-16(23)18(25)8-13;1-2/h3-4,6-10,20-25H,2,5,11H2,1H3;1-2H3/b4-3+;/t20?,21-;/m1./s1. The summed E-state index contributed by atoms with van der Waals surface area (Å²) in [5.41, 5.74) is 1.11. The van der Waals surface area contributed by atoms with E-state index in [4.69, 9.17) is 9.47 Å². The summed E-state index contributed by atoms with van der Waals surface area (Å²) in [6.07, 6.45) is 3.52. The Balaban J connectivity index is 0.00000145. The molecule has 0 aliphatic carbocycles. The molecule has 0 saturated heterocycles. The maximum atomic E-state index is 10.2. The number of ether oxygens (including phenoxy) is 2. The van der Waals surface area contributed by atoms with Gasteiger partial charge in [-0.25, -0.2) is 0 Å². The van der Waals surface area contributed by atoms with Crippen LogP contribution in [0.5, 0.6) is 28.7 Å². The number of fused-ring (bicyclic) bond motifs is 1. The Morgan fingerprint density at radius 2 is 1.83 bits per heavy atom. The lowest BCUT2D eigenvalue weighted by Crippen LogP contribution is -2.32. The largest absolute Gasteiger partial charge is 0.508 e. The SMILES string of the molecule is C=C(C/C=C/C)OC1Cc2c(O)cc(O)cc2O[C@@H]1c1ccc(O)c(O)c1.CC. The van der Waals surface area contributed by atoms with Crippen LogP contribution in [0.2, 0.25) is 0 Å². The first kappa shape index (κ1) is 22.0. The Hall–Kier alpha value is -3.28. The van der Waals surface area contributed by atoms with Gasteiger partial charge < -0.3 is 29.9 Å². The molecule has 156 valence electrons. The van der Waals surface area contributed by atoms with E-state index in [1.165, 1.54) is 24.3 Å². The van der Waals surface area contributed by atoms with Crippen LogP contribution in [0.1, 0.15) is 44.4 Å². The first-order valence-electron chi connectivity index (χ1n) is 9.58. The number of rotatable bonds is 5. The Kier molecular flexibility index (Phi) is 7.42. The van der Waals surface area contributed by atoms with E-state index in [0.717, 1.165) is 0 Å². The van der Waals surface area contributed by atoms with Gasteiger partial charge in [-0.15, -0.1) is 0 Å². The molecule has 0 fully saturated rings. The highest BCUT2D eigenvalue weighted by atomic mass is 16.5. The lowest BCUT2D eigenvalue weighted by molar-refractivity contribution is -0.00534. The van der Waals surface area contributed by atoms with Gasteiger partial charge in [0, 0.05) is 36.1 Å². The lowest BCUT2D eigenvalue weighted by Gasteiger charge is -2.35. The van der Waals surface area contributed by atoms with Gasteiger partial charge in [-0.3, -0.25) is 0 Å². The van der Waals surface area contributed by atoms with E-state index in [-0.39, 0.29) is 23.0 Å². The Labute approximate surface area is 171 Å². The minimum absolute atomic E-state index is 0.0790. The van der Waals surface area contributed by atoms with Gasteiger partial charge in [0.05, 0.1) is 5.76 Å². The molecule has 6 heteroatoms. The molecule has 3 rings (SSSR count). The lowest BCUT2D eigenvalue weighted by atomic mass is 9.93. The highest BCUT2D eigenvalue weighted by Crippen LogP contribution is 2.44. The van der Waals surface area contributed by atoms with Crippen molar-refractivity contribution in [2.75, 3.05) is 0 Å². The van der Waals surface area contributed by atoms with Gasteiger partial charge >= 0.3 is 0 Å². The molecule has 2 atom stereocenters. The van der Waals surface area contributed by atoms with Crippen LogP contribution in [-0.2, 0) is 11.2 Å². The molecular weight excluding hydrogens is 372 g/mol. The van der Waals surface area contributed by atoms with Crippen molar-refractivity contribution in [1.82, 2.24) is 0 Å². The van der Waals surface area contributed by atoms with Crippen molar-refractivity contribution in [1.29, 1.82) is 0 Å². The van der Waals surface area contributed by atoms with Gasteiger partial charge in [0.15, 0.2) is 17.6 Å². The predicted molar refractivity (Wildman–Crippen MR) is 111 cm³/mol. The van der Waals surface area contributed by atoms with Crippen molar-refractivity contribution in [3.05, 3.63) is 65.9 Å². The van der Waals surface area contributed by atoms with Gasteiger partial charge in [-0.1, -0.05) is 38.6 Å². The number of aromatic hydroxyl groups is 4. The van der Waals surface area contributed by atoms with Crippen molar-refractivity contribution in [3.8, 4) is 28.7 Å². The van der Waals surface area contributed by atoms with Crippen molar-refractivity contribution in [2.45, 2.75) is 45.8 Å². The smallest absolute Gasteiger partial charge is 0.161 e. The van der Waals surface area contributed by atoms with E-state index in [1.807, 2.05) is 32.9 Å². The summed E-state index contributed by atoms with van der Waals surface area (Å²) in [6, 6.07) is 7.07. The van der Waals surface area contributed by atoms with E-state index < -0.39 is 12.2 Å². The number of hydrogen-bond acceptors (Lipinski definition) is 6. The summed E-state index contributed by atoms with van der Waals surface area (Å²) in [7, 11) is 0. The molecule has 0 aromatic heterocycles. The zero-order valence-corrected chi connectivity index (χ0v) is 16.9. The topological polar surface area (TPSA) is 99.4 Å². The van der Waals surface area contributed by atoms with Crippen LogP contribution in [-0.4, -0.2) is 26.5 Å². The van der Waals surface area contributed by atoms with Crippen LogP contribution >= 0.6 is 0 Å². The number of allylic oxidation sites excluding steroid dienone is 2. The minimum atomic E-state index is -0.632. The molecule has 2 aromatic carbocycles. The van der Waals surface area contributed by atoms with Gasteiger partial charge in [-0.2, -0.15) is 0 Å². The van der Waals surface area contributed by atoms with Crippen LogP contribution in [0, 0.1) is 0 Å². The third kappa shape index (κ3) is 5.16. The highest BCUT2D eigenvalue weighted by molar-refractivity contribution is 5.52. The minimum Gasteiger partial charge on any atom is -0.508 e. The van der Waals surface area contributed by atoms with Crippen LogP contribution in [0.4, 0.5) is 0 Å². The van der Waals surface area contributed by atoms with E-state index in [9.17, 15) is 20.4 Å². The monoisotopic (exact) mass is 400 g/mol. The van der Waals surface area contributed by atoms with Gasteiger partial charge in [0.2, 0.25) is 0 Å². The number of benzene rings is 2. The molecule has 1 unspecified atom stereocenters. The molecule has 4 N–H and O–H groups in total. The molecule has 0 amide bonds. The second-order valence-electron chi connectivity index (χ2n) is 6.40. The Morgan fingerprint density at radius 3 is 2.48 bits per heavy atom. The summed E-state index contributed by atoms with van der Waals surface area (Å²) in [5.74, 6) is 0.174. The van der Waals surface area contributed by atoms with Crippen LogP contribution in [0.3, 0.4) is 0 Å². The second-order valence-corrected chi connectivity index (χ2v) is 6.40. The van der Waals surface area contributed by atoms with Crippen molar-refractivity contribution in [2.24, 2.45) is 0 Å². The van der Waals surface area contributed by atoms with E-state index in [1.54, 1.807) is 6.07 Å². The van der Waals surface area contributed by atoms with E-state index in [2.05, 4.69) is 6.58 Å². The summed E-state index contributed by atoms with van der Waals surface area (Å²) in [6.45, 7) is 9.82. The van der Waals surface area contributed by atoms with Crippen molar-refractivity contribution >= 4 is 0 Å². The van der Waals surface area contributed by atoms with Gasteiger partial charge in [-0.05, 0) is 19.1 Å². The number of phenolic OH excluding ortho intramolecular Hbond substituents is 4. The van der Waals surface area contributed by atoms with E-state index >= 15 is 0 Å². The second kappa shape index (κ2) is 9.78.